The van der Waals surface area contributed by atoms with Gasteiger partial charge in [0.15, 0.2) is 0 Å². The smallest absolute Gasteiger partial charge is 0.255 e. The fraction of sp³-hybridized carbons (Fsp3) is 0. The summed E-state index contributed by atoms with van der Waals surface area (Å²) in [5, 5.41) is 2.40. The maximum Gasteiger partial charge on any atom is 0.255 e. The van der Waals surface area contributed by atoms with E-state index in [0.29, 0.717) is 16.8 Å². The number of rotatable bonds is 7. The number of nitrogens with zero attached hydrogens (tertiary/aromatic N) is 2. The predicted octanol–water partition coefficient (Wildman–Crippen LogP) is 13.0. The fourth-order valence-corrected chi connectivity index (χ4v) is 8.04. The van der Waals surface area contributed by atoms with Crippen LogP contribution in [0.1, 0.15) is 43.5 Å². The normalized spacial score (nSPS) is 11.8. The SMILES string of the molecule is O=C(Cl)c1ccc(C(=O)Nc2ccc(-c3c4nc(c(-c5ccccc5)c5ccc([nH]5)c(-c5ccccc5)c5nc(c(-c6ccccc6)c6ccc3[nH]6)C=C5)C=C4)cc2)cc1. The van der Waals surface area contributed by atoms with Crippen LogP contribution in [0.15, 0.2) is 164 Å². The quantitative estimate of drug-likeness (QED) is 0.140. The lowest BCUT2D eigenvalue weighted by Gasteiger charge is -2.09. The summed E-state index contributed by atoms with van der Waals surface area (Å²) in [6.07, 6.45) is 8.34. The largest absolute Gasteiger partial charge is 0.354 e. The Morgan fingerprint density at radius 2 is 0.733 bits per heavy atom. The van der Waals surface area contributed by atoms with Gasteiger partial charge in [0, 0.05) is 61.1 Å². The summed E-state index contributed by atoms with van der Waals surface area (Å²) in [6, 6.07) is 53.4. The molecule has 0 saturated carbocycles. The van der Waals surface area contributed by atoms with Crippen LogP contribution >= 0.6 is 11.6 Å². The number of carbonyl (C=O) groups excluding carboxylic acids is 2. The van der Waals surface area contributed by atoms with Crippen LogP contribution in [0, 0.1) is 0 Å². The number of benzene rings is 5. The van der Waals surface area contributed by atoms with Gasteiger partial charge in [0.25, 0.3) is 11.1 Å². The van der Waals surface area contributed by atoms with E-state index in [0.717, 1.165) is 89.4 Å². The molecule has 3 aromatic heterocycles. The molecule has 2 aliphatic rings. The average molecular weight is 796 g/mol. The molecule has 286 valence electrons. The Morgan fingerprint density at radius 3 is 1.08 bits per heavy atom. The number of nitrogens with one attached hydrogen (secondary N) is 3. The second-order valence-electron chi connectivity index (χ2n) is 14.5. The van der Waals surface area contributed by atoms with E-state index in [9.17, 15) is 9.59 Å². The summed E-state index contributed by atoms with van der Waals surface area (Å²) in [7, 11) is 0. The third-order valence-corrected chi connectivity index (χ3v) is 11.0. The number of carbonyl (C=O) groups is 2. The number of anilines is 1. The molecule has 0 atom stereocenters. The molecule has 8 bridgehead atoms. The summed E-state index contributed by atoms with van der Waals surface area (Å²) in [5.74, 6) is -0.303. The number of H-pyrrole nitrogens is 2. The Labute approximate surface area is 350 Å². The van der Waals surface area contributed by atoms with E-state index in [1.165, 1.54) is 12.1 Å². The van der Waals surface area contributed by atoms with E-state index < -0.39 is 5.24 Å². The number of aromatic amines is 2. The molecule has 10 rings (SSSR count). The third kappa shape index (κ3) is 6.93. The topological polar surface area (TPSA) is 104 Å². The van der Waals surface area contributed by atoms with Crippen LogP contribution in [-0.4, -0.2) is 31.1 Å². The van der Waals surface area contributed by atoms with E-state index in [2.05, 4.69) is 112 Å². The third-order valence-electron chi connectivity index (χ3n) is 10.7. The van der Waals surface area contributed by atoms with Crippen molar-refractivity contribution in [2.45, 2.75) is 0 Å². The highest BCUT2D eigenvalue weighted by atomic mass is 35.5. The zero-order valence-electron chi connectivity index (χ0n) is 32.0. The molecule has 8 heteroatoms. The maximum absolute atomic E-state index is 13.2. The molecule has 3 N–H and O–H groups in total. The van der Waals surface area contributed by atoms with Crippen molar-refractivity contribution in [2.24, 2.45) is 0 Å². The number of fused-ring (bicyclic) bond motifs is 8. The summed E-state index contributed by atoms with van der Waals surface area (Å²) < 4.78 is 0. The molecular formula is C52H34ClN5O2. The molecule has 0 fully saturated rings. The predicted molar refractivity (Wildman–Crippen MR) is 245 cm³/mol. The van der Waals surface area contributed by atoms with Crippen LogP contribution < -0.4 is 5.32 Å². The van der Waals surface area contributed by atoms with Crippen molar-refractivity contribution in [3.8, 4) is 44.5 Å². The second kappa shape index (κ2) is 15.5. The Hall–Kier alpha value is -7.87. The maximum atomic E-state index is 13.2. The van der Waals surface area contributed by atoms with E-state index in [4.69, 9.17) is 21.6 Å². The molecule has 1 amide bonds. The first-order chi connectivity index (χ1) is 29.5. The highest BCUT2D eigenvalue weighted by Gasteiger charge is 2.19. The minimum Gasteiger partial charge on any atom is -0.354 e. The molecular weight excluding hydrogens is 762 g/mol. The average Bonchev–Trinajstić information content (AvgIpc) is 4.14. The van der Waals surface area contributed by atoms with Gasteiger partial charge in [0.1, 0.15) is 0 Å². The van der Waals surface area contributed by atoms with Gasteiger partial charge in [-0.1, -0.05) is 103 Å². The molecule has 5 aromatic carbocycles. The highest BCUT2D eigenvalue weighted by molar-refractivity contribution is 6.67. The summed E-state index contributed by atoms with van der Waals surface area (Å²) in [6.45, 7) is 0. The molecule has 0 spiro atoms. The van der Waals surface area contributed by atoms with Gasteiger partial charge in [-0.25, -0.2) is 9.97 Å². The van der Waals surface area contributed by atoms with Gasteiger partial charge in [0.05, 0.1) is 22.8 Å². The van der Waals surface area contributed by atoms with Crippen molar-refractivity contribution in [1.29, 1.82) is 0 Å². The first-order valence-corrected chi connectivity index (χ1v) is 19.9. The van der Waals surface area contributed by atoms with Crippen molar-refractivity contribution in [3.63, 3.8) is 0 Å². The summed E-state index contributed by atoms with van der Waals surface area (Å²) >= 11 is 5.61. The minimum absolute atomic E-state index is 0.303. The fourth-order valence-electron chi connectivity index (χ4n) is 7.91. The Bertz CT molecular complexity index is 3150. The summed E-state index contributed by atoms with van der Waals surface area (Å²) in [4.78, 5) is 43.0. The molecule has 7 nitrogen and oxygen atoms in total. The molecule has 60 heavy (non-hydrogen) atoms. The molecule has 0 unspecified atom stereocenters. The lowest BCUT2D eigenvalue weighted by molar-refractivity contribution is 0.102. The van der Waals surface area contributed by atoms with Crippen LogP contribution in [0.4, 0.5) is 5.69 Å². The van der Waals surface area contributed by atoms with Crippen molar-refractivity contribution < 1.29 is 9.59 Å². The van der Waals surface area contributed by atoms with Crippen LogP contribution in [0.3, 0.4) is 0 Å². The standard InChI is InChI=1S/C52H34ClN5O2/c53-51(59)36-16-18-37(19-17-36)52(60)54-38-22-20-35(21-23-38)50-45-30-28-43(57-45)48(33-12-6-2-7-13-33)41-26-24-39(55-41)47(32-10-4-1-5-11-32)40-25-27-42(56-40)49(34-14-8-3-9-15-34)44-29-31-46(50)58-44/h1-31,55,58H,(H,54,60). The van der Waals surface area contributed by atoms with Gasteiger partial charge >= 0.3 is 0 Å². The van der Waals surface area contributed by atoms with Crippen LogP contribution in [0.2, 0.25) is 0 Å². The number of hydrogen-bond donors (Lipinski definition) is 3. The van der Waals surface area contributed by atoms with Crippen molar-refractivity contribution >= 4 is 74.8 Å². The van der Waals surface area contributed by atoms with Crippen molar-refractivity contribution in [2.75, 3.05) is 5.32 Å². The van der Waals surface area contributed by atoms with Gasteiger partial charge in [-0.3, -0.25) is 9.59 Å². The van der Waals surface area contributed by atoms with Gasteiger partial charge in [0.2, 0.25) is 0 Å². The van der Waals surface area contributed by atoms with Crippen LogP contribution in [0.5, 0.6) is 0 Å². The van der Waals surface area contributed by atoms with Crippen LogP contribution in [0.25, 0.3) is 90.9 Å². The van der Waals surface area contributed by atoms with Crippen molar-refractivity contribution in [3.05, 3.63) is 198 Å². The van der Waals surface area contributed by atoms with E-state index in [1.54, 1.807) is 12.1 Å². The molecule has 5 heterocycles. The second-order valence-corrected chi connectivity index (χ2v) is 14.8. The van der Waals surface area contributed by atoms with Crippen molar-refractivity contribution in [1.82, 2.24) is 19.9 Å². The lowest BCUT2D eigenvalue weighted by atomic mass is 10.0. The first kappa shape index (κ1) is 36.5. The first-order valence-electron chi connectivity index (χ1n) is 19.5. The Kier molecular flexibility index (Phi) is 9.40. The number of hydrogen-bond acceptors (Lipinski definition) is 4. The Balaban J connectivity index is 1.22. The van der Waals surface area contributed by atoms with Gasteiger partial charge in [-0.15, -0.1) is 0 Å². The molecule has 2 aliphatic heterocycles. The summed E-state index contributed by atoms with van der Waals surface area (Å²) in [5.41, 5.74) is 16.1. The van der Waals surface area contributed by atoms with E-state index >= 15 is 0 Å². The molecule has 8 aromatic rings. The Morgan fingerprint density at radius 1 is 0.400 bits per heavy atom. The molecule has 0 radical (unpaired) electrons. The number of aromatic nitrogens is 4. The molecule has 0 aliphatic carbocycles. The van der Waals surface area contributed by atoms with E-state index in [1.807, 2.05) is 66.7 Å². The number of amides is 1. The molecule has 0 saturated heterocycles. The monoisotopic (exact) mass is 795 g/mol. The van der Waals surface area contributed by atoms with Gasteiger partial charge < -0.3 is 15.3 Å². The zero-order chi connectivity index (χ0) is 40.6. The number of halogens is 1. The zero-order valence-corrected chi connectivity index (χ0v) is 32.7. The van der Waals surface area contributed by atoms with Gasteiger partial charge in [-0.2, -0.15) is 0 Å². The minimum atomic E-state index is -0.575. The van der Waals surface area contributed by atoms with E-state index in [-0.39, 0.29) is 5.91 Å². The highest BCUT2D eigenvalue weighted by Crippen LogP contribution is 2.38. The van der Waals surface area contributed by atoms with Gasteiger partial charge in [-0.05, 0) is 119 Å². The lowest BCUT2D eigenvalue weighted by Crippen LogP contribution is -2.11. The van der Waals surface area contributed by atoms with Crippen LogP contribution in [-0.2, 0) is 0 Å².